The number of benzene rings is 1. The van der Waals surface area contributed by atoms with E-state index in [2.05, 4.69) is 0 Å². The Labute approximate surface area is 112 Å². The second kappa shape index (κ2) is 6.84. The van der Waals surface area contributed by atoms with E-state index in [1.54, 1.807) is 12.1 Å². The standard InChI is InChI=1S/C13H19NO5/c1-16-10-5-8(9(7-14)13(15)19-4)6-11(17-2)12(10)18-3/h5-6,9H,7,14H2,1-4H3. The van der Waals surface area contributed by atoms with Crippen LogP contribution in [0.3, 0.4) is 0 Å². The number of esters is 1. The monoisotopic (exact) mass is 269 g/mol. The van der Waals surface area contributed by atoms with Crippen molar-refractivity contribution in [3.05, 3.63) is 17.7 Å². The van der Waals surface area contributed by atoms with Crippen molar-refractivity contribution in [2.45, 2.75) is 5.92 Å². The van der Waals surface area contributed by atoms with Crippen molar-refractivity contribution >= 4 is 5.97 Å². The third kappa shape index (κ3) is 3.08. The van der Waals surface area contributed by atoms with Crippen LogP contribution in [0.2, 0.25) is 0 Å². The highest BCUT2D eigenvalue weighted by atomic mass is 16.5. The summed E-state index contributed by atoms with van der Waals surface area (Å²) >= 11 is 0. The van der Waals surface area contributed by atoms with Crippen molar-refractivity contribution < 1.29 is 23.7 Å². The van der Waals surface area contributed by atoms with Crippen LogP contribution in [0.1, 0.15) is 11.5 Å². The van der Waals surface area contributed by atoms with Gasteiger partial charge in [-0.2, -0.15) is 0 Å². The van der Waals surface area contributed by atoms with Crippen molar-refractivity contribution in [2.24, 2.45) is 5.73 Å². The van der Waals surface area contributed by atoms with Gasteiger partial charge in [0.05, 0.1) is 34.4 Å². The second-order valence-electron chi connectivity index (χ2n) is 3.77. The Kier molecular flexibility index (Phi) is 5.44. The zero-order valence-electron chi connectivity index (χ0n) is 11.6. The highest BCUT2D eigenvalue weighted by Crippen LogP contribution is 2.40. The molecule has 0 fully saturated rings. The van der Waals surface area contributed by atoms with E-state index >= 15 is 0 Å². The molecule has 1 unspecified atom stereocenters. The molecule has 6 heteroatoms. The van der Waals surface area contributed by atoms with Gasteiger partial charge in [0.25, 0.3) is 0 Å². The molecule has 0 heterocycles. The fraction of sp³-hybridized carbons (Fsp3) is 0.462. The third-order valence-corrected chi connectivity index (χ3v) is 2.81. The maximum Gasteiger partial charge on any atom is 0.314 e. The summed E-state index contributed by atoms with van der Waals surface area (Å²) in [6.45, 7) is 0.130. The van der Waals surface area contributed by atoms with Gasteiger partial charge >= 0.3 is 5.97 Å². The van der Waals surface area contributed by atoms with Crippen LogP contribution in [0, 0.1) is 0 Å². The minimum atomic E-state index is -0.571. The summed E-state index contributed by atoms with van der Waals surface area (Å²) in [6, 6.07) is 3.38. The van der Waals surface area contributed by atoms with Crippen molar-refractivity contribution in [3.63, 3.8) is 0 Å². The van der Waals surface area contributed by atoms with Gasteiger partial charge in [-0.15, -0.1) is 0 Å². The smallest absolute Gasteiger partial charge is 0.314 e. The van der Waals surface area contributed by atoms with Crippen molar-refractivity contribution in [3.8, 4) is 17.2 Å². The molecule has 0 radical (unpaired) electrons. The summed E-state index contributed by atoms with van der Waals surface area (Å²) in [7, 11) is 5.86. The lowest BCUT2D eigenvalue weighted by Crippen LogP contribution is -2.23. The van der Waals surface area contributed by atoms with E-state index in [0.717, 1.165) is 0 Å². The molecule has 0 aliphatic rings. The Morgan fingerprint density at radius 2 is 1.63 bits per heavy atom. The molecule has 106 valence electrons. The van der Waals surface area contributed by atoms with E-state index in [1.807, 2.05) is 0 Å². The number of hydrogen-bond acceptors (Lipinski definition) is 6. The van der Waals surface area contributed by atoms with E-state index in [9.17, 15) is 4.79 Å². The quantitative estimate of drug-likeness (QED) is 0.774. The van der Waals surface area contributed by atoms with Gasteiger partial charge in [-0.25, -0.2) is 0 Å². The average molecular weight is 269 g/mol. The van der Waals surface area contributed by atoms with Gasteiger partial charge in [0.2, 0.25) is 5.75 Å². The summed E-state index contributed by atoms with van der Waals surface area (Å²) in [5.41, 5.74) is 6.28. The zero-order chi connectivity index (χ0) is 14.4. The molecular formula is C13H19NO5. The molecule has 2 N–H and O–H groups in total. The summed E-state index contributed by atoms with van der Waals surface area (Å²) in [6.07, 6.45) is 0. The van der Waals surface area contributed by atoms with Crippen LogP contribution >= 0.6 is 0 Å². The topological polar surface area (TPSA) is 80.0 Å². The van der Waals surface area contributed by atoms with Crippen LogP contribution in [-0.4, -0.2) is 41.0 Å². The Morgan fingerprint density at radius 1 is 1.11 bits per heavy atom. The average Bonchev–Trinajstić information content (AvgIpc) is 2.46. The first-order chi connectivity index (χ1) is 9.12. The molecule has 0 bridgehead atoms. The number of ether oxygens (including phenoxy) is 4. The fourth-order valence-electron chi connectivity index (χ4n) is 1.81. The van der Waals surface area contributed by atoms with E-state index in [0.29, 0.717) is 22.8 Å². The Bertz CT molecular complexity index is 422. The van der Waals surface area contributed by atoms with Crippen LogP contribution in [-0.2, 0) is 9.53 Å². The normalized spacial score (nSPS) is 11.6. The molecule has 0 aromatic heterocycles. The third-order valence-electron chi connectivity index (χ3n) is 2.81. The SMILES string of the molecule is COC(=O)C(CN)c1cc(OC)c(OC)c(OC)c1. The lowest BCUT2D eigenvalue weighted by molar-refractivity contribution is -0.142. The van der Waals surface area contributed by atoms with Crippen LogP contribution < -0.4 is 19.9 Å². The molecule has 1 atom stereocenters. The van der Waals surface area contributed by atoms with Gasteiger partial charge in [-0.1, -0.05) is 0 Å². The number of carbonyl (C=O) groups is 1. The van der Waals surface area contributed by atoms with E-state index in [4.69, 9.17) is 24.7 Å². The minimum absolute atomic E-state index is 0.130. The van der Waals surface area contributed by atoms with Crippen molar-refractivity contribution in [1.29, 1.82) is 0 Å². The molecule has 0 saturated heterocycles. The highest BCUT2D eigenvalue weighted by Gasteiger charge is 2.23. The summed E-state index contributed by atoms with van der Waals surface area (Å²) in [4.78, 5) is 11.7. The molecule has 0 amide bonds. The minimum Gasteiger partial charge on any atom is -0.493 e. The van der Waals surface area contributed by atoms with Gasteiger partial charge in [-0.3, -0.25) is 4.79 Å². The lowest BCUT2D eigenvalue weighted by Gasteiger charge is -2.17. The maximum absolute atomic E-state index is 11.7. The molecule has 19 heavy (non-hydrogen) atoms. The van der Waals surface area contributed by atoms with E-state index in [1.165, 1.54) is 28.4 Å². The summed E-state index contributed by atoms with van der Waals surface area (Å²) < 4.78 is 20.4. The molecule has 0 aliphatic carbocycles. The molecule has 0 spiro atoms. The molecule has 0 aliphatic heterocycles. The van der Waals surface area contributed by atoms with Gasteiger partial charge < -0.3 is 24.7 Å². The molecule has 1 aromatic carbocycles. The Balaban J connectivity index is 3.32. The number of nitrogens with two attached hydrogens (primary N) is 1. The first-order valence-corrected chi connectivity index (χ1v) is 5.70. The van der Waals surface area contributed by atoms with Crippen LogP contribution in [0.25, 0.3) is 0 Å². The highest BCUT2D eigenvalue weighted by molar-refractivity contribution is 5.79. The lowest BCUT2D eigenvalue weighted by atomic mass is 9.98. The number of hydrogen-bond donors (Lipinski definition) is 1. The van der Waals surface area contributed by atoms with Crippen molar-refractivity contribution in [1.82, 2.24) is 0 Å². The van der Waals surface area contributed by atoms with Gasteiger partial charge in [0.1, 0.15) is 0 Å². The first kappa shape index (κ1) is 15.1. The van der Waals surface area contributed by atoms with Crippen LogP contribution in [0.5, 0.6) is 17.2 Å². The predicted molar refractivity (Wildman–Crippen MR) is 69.9 cm³/mol. The van der Waals surface area contributed by atoms with Crippen molar-refractivity contribution in [2.75, 3.05) is 35.0 Å². The van der Waals surface area contributed by atoms with E-state index < -0.39 is 11.9 Å². The van der Waals surface area contributed by atoms with Crippen LogP contribution in [0.15, 0.2) is 12.1 Å². The predicted octanol–water partition coefficient (Wildman–Crippen LogP) is 0.928. The van der Waals surface area contributed by atoms with E-state index in [-0.39, 0.29) is 6.54 Å². The van der Waals surface area contributed by atoms with Crippen LogP contribution in [0.4, 0.5) is 0 Å². The molecule has 0 saturated carbocycles. The largest absolute Gasteiger partial charge is 0.493 e. The molecule has 1 rings (SSSR count). The maximum atomic E-state index is 11.7. The molecule has 1 aromatic rings. The zero-order valence-corrected chi connectivity index (χ0v) is 11.6. The van der Waals surface area contributed by atoms with Gasteiger partial charge in [0, 0.05) is 6.54 Å². The number of rotatable bonds is 6. The number of carbonyl (C=O) groups excluding carboxylic acids is 1. The fourth-order valence-corrected chi connectivity index (χ4v) is 1.81. The second-order valence-corrected chi connectivity index (χ2v) is 3.77. The number of methoxy groups -OCH3 is 4. The summed E-state index contributed by atoms with van der Waals surface area (Å²) in [5.74, 6) is 0.434. The van der Waals surface area contributed by atoms with Gasteiger partial charge in [-0.05, 0) is 17.7 Å². The Morgan fingerprint density at radius 3 is 1.95 bits per heavy atom. The summed E-state index contributed by atoms with van der Waals surface area (Å²) in [5, 5.41) is 0. The van der Waals surface area contributed by atoms with Gasteiger partial charge in [0.15, 0.2) is 11.5 Å². The first-order valence-electron chi connectivity index (χ1n) is 5.70. The molecular weight excluding hydrogens is 250 g/mol. The Hall–Kier alpha value is -1.95. The molecule has 6 nitrogen and oxygen atoms in total.